The maximum atomic E-state index is 13.1. The number of nitrogens with one attached hydrogen (secondary N) is 1. The van der Waals surface area contributed by atoms with Crippen LogP contribution in [0.15, 0.2) is 66.9 Å². The Bertz CT molecular complexity index is 1270. The molecule has 5 rings (SSSR count). The van der Waals surface area contributed by atoms with Crippen molar-refractivity contribution in [1.29, 1.82) is 0 Å². The van der Waals surface area contributed by atoms with Crippen molar-refractivity contribution in [1.82, 2.24) is 24.8 Å². The fourth-order valence-corrected chi connectivity index (χ4v) is 4.25. The highest BCUT2D eigenvalue weighted by molar-refractivity contribution is 5.78. The molecule has 0 spiro atoms. The molecule has 2 aromatic heterocycles. The van der Waals surface area contributed by atoms with Crippen LogP contribution in [-0.4, -0.2) is 45.7 Å². The van der Waals surface area contributed by atoms with Crippen LogP contribution in [0.4, 0.5) is 9.18 Å². The molecule has 0 unspecified atom stereocenters. The predicted octanol–water partition coefficient (Wildman–Crippen LogP) is 4.40. The first kappa shape index (κ1) is 20.9. The first-order valence-corrected chi connectivity index (χ1v) is 10.9. The van der Waals surface area contributed by atoms with Crippen molar-refractivity contribution < 1.29 is 13.9 Å². The van der Waals surface area contributed by atoms with Crippen molar-refractivity contribution in [2.24, 2.45) is 0 Å². The number of pyridine rings is 1. The van der Waals surface area contributed by atoms with Crippen LogP contribution in [-0.2, 0) is 6.54 Å². The zero-order chi connectivity index (χ0) is 22.8. The third-order valence-electron chi connectivity index (χ3n) is 5.97. The summed E-state index contributed by atoms with van der Waals surface area (Å²) in [6.45, 7) is 1.54. The summed E-state index contributed by atoms with van der Waals surface area (Å²) in [5, 5.41) is 2.93. The fraction of sp³-hybridized carbons (Fsp3) is 0.240. The molecule has 3 heterocycles. The van der Waals surface area contributed by atoms with Crippen molar-refractivity contribution >= 4 is 17.2 Å². The molecule has 8 heteroatoms. The number of hydrogen-bond donors (Lipinski definition) is 1. The molecule has 1 aliphatic heterocycles. The molecule has 1 atom stereocenters. The van der Waals surface area contributed by atoms with E-state index < -0.39 is 0 Å². The van der Waals surface area contributed by atoms with Gasteiger partial charge >= 0.3 is 6.03 Å². The van der Waals surface area contributed by atoms with Gasteiger partial charge in [-0.15, -0.1) is 0 Å². The Morgan fingerprint density at radius 3 is 2.70 bits per heavy atom. The van der Waals surface area contributed by atoms with Gasteiger partial charge in [-0.05, 0) is 60.5 Å². The van der Waals surface area contributed by atoms with Crippen LogP contribution in [0.3, 0.4) is 0 Å². The van der Waals surface area contributed by atoms with E-state index in [2.05, 4.69) is 14.9 Å². The van der Waals surface area contributed by atoms with Crippen LogP contribution in [0.1, 0.15) is 18.0 Å². The van der Waals surface area contributed by atoms with E-state index in [0.717, 1.165) is 40.3 Å². The van der Waals surface area contributed by atoms with Gasteiger partial charge in [-0.2, -0.15) is 0 Å². The molecular weight excluding hydrogens is 421 g/mol. The van der Waals surface area contributed by atoms with Gasteiger partial charge in [-0.25, -0.2) is 19.2 Å². The van der Waals surface area contributed by atoms with E-state index in [-0.39, 0.29) is 17.9 Å². The smallest absolute Gasteiger partial charge is 0.317 e. The molecular formula is C25H24FN5O2. The maximum Gasteiger partial charge on any atom is 0.317 e. The first-order chi connectivity index (χ1) is 16.1. The molecule has 0 bridgehead atoms. The van der Waals surface area contributed by atoms with Gasteiger partial charge in [0.05, 0.1) is 13.2 Å². The lowest BCUT2D eigenvalue weighted by atomic mass is 10.2. The van der Waals surface area contributed by atoms with Gasteiger partial charge in [0.2, 0.25) is 0 Å². The third-order valence-corrected chi connectivity index (χ3v) is 5.97. The first-order valence-electron chi connectivity index (χ1n) is 10.9. The molecule has 0 saturated carbocycles. The summed E-state index contributed by atoms with van der Waals surface area (Å²) in [7, 11) is 1.64. The molecule has 1 aliphatic rings. The molecule has 7 nitrogen and oxygen atoms in total. The van der Waals surface area contributed by atoms with E-state index in [1.54, 1.807) is 30.3 Å². The maximum absolute atomic E-state index is 13.1. The zero-order valence-corrected chi connectivity index (χ0v) is 18.2. The minimum absolute atomic E-state index is 0.0542. The van der Waals surface area contributed by atoms with Crippen molar-refractivity contribution in [3.63, 3.8) is 0 Å². The number of urea groups is 1. The Balaban J connectivity index is 1.36. The number of aromatic nitrogens is 3. The topological polar surface area (TPSA) is 72.3 Å². The quantitative estimate of drug-likeness (QED) is 0.494. The Kier molecular flexibility index (Phi) is 5.64. The van der Waals surface area contributed by atoms with Gasteiger partial charge in [-0.1, -0.05) is 12.1 Å². The van der Waals surface area contributed by atoms with E-state index in [1.807, 2.05) is 36.4 Å². The number of hydrogen-bond acceptors (Lipinski definition) is 4. The zero-order valence-electron chi connectivity index (χ0n) is 18.2. The van der Waals surface area contributed by atoms with Crippen molar-refractivity contribution in [2.75, 3.05) is 20.2 Å². The molecule has 168 valence electrons. The number of nitrogens with zero attached hydrogens (tertiary/aromatic N) is 4. The molecule has 1 N–H and O–H groups in total. The predicted molar refractivity (Wildman–Crippen MR) is 123 cm³/mol. The summed E-state index contributed by atoms with van der Waals surface area (Å²) >= 11 is 0. The van der Waals surface area contributed by atoms with Gasteiger partial charge in [0.15, 0.2) is 5.65 Å². The number of amides is 2. The number of carbonyl (C=O) groups excluding carboxylic acids is 1. The van der Waals surface area contributed by atoms with Crippen molar-refractivity contribution in [3.05, 3.63) is 78.2 Å². The van der Waals surface area contributed by atoms with E-state index in [4.69, 9.17) is 9.72 Å². The summed E-state index contributed by atoms with van der Waals surface area (Å²) in [5.74, 6) is 1.32. The lowest BCUT2D eigenvalue weighted by Crippen LogP contribution is -2.38. The standard InChI is InChI=1S/C25H24FN5O2/c1-33-21-10-6-18(7-11-21)23-29-22-3-2-13-27-24(22)31(23)20-12-14-30(16-20)25(32)28-15-17-4-8-19(26)9-5-17/h2-11,13,20H,12,14-16H2,1H3,(H,28,32)/t20-/m1/s1. The summed E-state index contributed by atoms with van der Waals surface area (Å²) in [6, 6.07) is 17.7. The molecule has 0 radical (unpaired) electrons. The molecule has 4 aromatic rings. The SMILES string of the molecule is COc1ccc(-c2nc3cccnc3n2[C@@H]2CCN(C(=O)NCc3ccc(F)cc3)C2)cc1. The van der Waals surface area contributed by atoms with Crippen LogP contribution >= 0.6 is 0 Å². The average Bonchev–Trinajstić information content (AvgIpc) is 3.48. The number of rotatable bonds is 5. The number of likely N-dealkylation sites (tertiary alicyclic amines) is 1. The van der Waals surface area contributed by atoms with Gasteiger partial charge in [0.25, 0.3) is 0 Å². The monoisotopic (exact) mass is 445 g/mol. The molecule has 2 amide bonds. The molecule has 1 saturated heterocycles. The van der Waals surface area contributed by atoms with E-state index >= 15 is 0 Å². The average molecular weight is 445 g/mol. The van der Waals surface area contributed by atoms with Crippen LogP contribution in [0.25, 0.3) is 22.6 Å². The third kappa shape index (κ3) is 4.24. The number of benzene rings is 2. The summed E-state index contributed by atoms with van der Waals surface area (Å²) < 4.78 is 20.5. The number of ether oxygens (including phenoxy) is 1. The minimum Gasteiger partial charge on any atom is -0.497 e. The normalized spacial score (nSPS) is 15.7. The van der Waals surface area contributed by atoms with Crippen LogP contribution in [0, 0.1) is 5.82 Å². The van der Waals surface area contributed by atoms with Crippen LogP contribution < -0.4 is 10.1 Å². The van der Waals surface area contributed by atoms with E-state index in [0.29, 0.717) is 19.6 Å². The Morgan fingerprint density at radius 2 is 1.94 bits per heavy atom. The van der Waals surface area contributed by atoms with Crippen molar-refractivity contribution in [2.45, 2.75) is 19.0 Å². The second kappa shape index (κ2) is 8.90. The fourth-order valence-electron chi connectivity index (χ4n) is 4.25. The van der Waals surface area contributed by atoms with Gasteiger partial charge in [-0.3, -0.25) is 0 Å². The second-order valence-electron chi connectivity index (χ2n) is 8.05. The highest BCUT2D eigenvalue weighted by Gasteiger charge is 2.30. The second-order valence-corrected chi connectivity index (χ2v) is 8.05. The highest BCUT2D eigenvalue weighted by Crippen LogP contribution is 2.32. The van der Waals surface area contributed by atoms with E-state index in [1.165, 1.54) is 12.1 Å². The molecule has 2 aromatic carbocycles. The Labute approximate surface area is 190 Å². The summed E-state index contributed by atoms with van der Waals surface area (Å²) in [5.41, 5.74) is 3.45. The number of fused-ring (bicyclic) bond motifs is 1. The number of carbonyl (C=O) groups is 1. The molecule has 1 fully saturated rings. The highest BCUT2D eigenvalue weighted by atomic mass is 19.1. The van der Waals surface area contributed by atoms with Gasteiger partial charge in [0, 0.05) is 31.4 Å². The Morgan fingerprint density at radius 1 is 1.15 bits per heavy atom. The lowest BCUT2D eigenvalue weighted by molar-refractivity contribution is 0.207. The Hall–Kier alpha value is -3.94. The number of halogens is 1. The number of imidazole rings is 1. The molecule has 33 heavy (non-hydrogen) atoms. The van der Waals surface area contributed by atoms with Crippen LogP contribution in [0.5, 0.6) is 5.75 Å². The van der Waals surface area contributed by atoms with Crippen molar-refractivity contribution in [3.8, 4) is 17.1 Å². The summed E-state index contributed by atoms with van der Waals surface area (Å²) in [6.07, 6.45) is 2.57. The minimum atomic E-state index is -0.290. The number of methoxy groups -OCH3 is 1. The summed E-state index contributed by atoms with van der Waals surface area (Å²) in [4.78, 5) is 24.0. The van der Waals surface area contributed by atoms with Gasteiger partial charge < -0.3 is 19.5 Å². The molecule has 0 aliphatic carbocycles. The lowest BCUT2D eigenvalue weighted by Gasteiger charge is -2.19. The van der Waals surface area contributed by atoms with Gasteiger partial charge in [0.1, 0.15) is 22.9 Å². The largest absolute Gasteiger partial charge is 0.497 e. The van der Waals surface area contributed by atoms with Crippen LogP contribution in [0.2, 0.25) is 0 Å². The van der Waals surface area contributed by atoms with E-state index in [9.17, 15) is 9.18 Å².